The summed E-state index contributed by atoms with van der Waals surface area (Å²) in [6.07, 6.45) is 0.925. The molecule has 3 nitrogen and oxygen atoms in total. The second-order valence-electron chi connectivity index (χ2n) is 4.40. The van der Waals surface area contributed by atoms with Gasteiger partial charge in [-0.05, 0) is 33.2 Å². The van der Waals surface area contributed by atoms with Gasteiger partial charge in [0, 0.05) is 31.4 Å². The third-order valence-electron chi connectivity index (χ3n) is 2.60. The summed E-state index contributed by atoms with van der Waals surface area (Å²) in [7, 11) is 6.11. The lowest BCUT2D eigenvalue weighted by molar-refractivity contribution is 0.112. The average molecular weight is 220 g/mol. The number of nitrogens with zero attached hydrogens (tertiary/aromatic N) is 2. The summed E-state index contributed by atoms with van der Waals surface area (Å²) in [5.41, 5.74) is 2.88. The molecule has 0 atom stereocenters. The van der Waals surface area contributed by atoms with Gasteiger partial charge in [-0.2, -0.15) is 0 Å². The predicted molar refractivity (Wildman–Crippen MR) is 68.4 cm³/mol. The Balaban J connectivity index is 2.81. The third-order valence-corrected chi connectivity index (χ3v) is 2.60. The molecular weight excluding hydrogens is 200 g/mol. The van der Waals surface area contributed by atoms with E-state index < -0.39 is 0 Å². The van der Waals surface area contributed by atoms with Crippen LogP contribution in [0.5, 0.6) is 0 Å². The Labute approximate surface area is 97.7 Å². The van der Waals surface area contributed by atoms with Crippen LogP contribution in [0.2, 0.25) is 0 Å². The van der Waals surface area contributed by atoms with Crippen LogP contribution in [0.15, 0.2) is 18.2 Å². The molecule has 0 fully saturated rings. The summed E-state index contributed by atoms with van der Waals surface area (Å²) in [5.74, 6) is 0. The van der Waals surface area contributed by atoms with E-state index in [4.69, 9.17) is 0 Å². The fourth-order valence-electron chi connectivity index (χ4n) is 1.59. The van der Waals surface area contributed by atoms with Crippen LogP contribution in [0.25, 0.3) is 0 Å². The van der Waals surface area contributed by atoms with Crippen molar-refractivity contribution in [3.63, 3.8) is 0 Å². The van der Waals surface area contributed by atoms with Gasteiger partial charge in [0.2, 0.25) is 0 Å². The highest BCUT2D eigenvalue weighted by Gasteiger charge is 2.07. The van der Waals surface area contributed by atoms with Gasteiger partial charge in [-0.15, -0.1) is 0 Å². The second-order valence-corrected chi connectivity index (χ2v) is 4.40. The first kappa shape index (κ1) is 12.7. The van der Waals surface area contributed by atoms with Gasteiger partial charge in [-0.25, -0.2) is 0 Å². The number of anilines is 1. The van der Waals surface area contributed by atoms with Crippen LogP contribution in [-0.2, 0) is 0 Å². The molecule has 16 heavy (non-hydrogen) atoms. The van der Waals surface area contributed by atoms with E-state index in [1.165, 1.54) is 0 Å². The number of hydrogen-bond acceptors (Lipinski definition) is 3. The summed E-state index contributed by atoms with van der Waals surface area (Å²) in [6, 6.07) is 5.97. The van der Waals surface area contributed by atoms with Crippen LogP contribution in [0.3, 0.4) is 0 Å². The standard InChI is InChI=1S/C13H20N2O/c1-11-5-6-13(12(9-11)10-16)15(4)8-7-14(2)3/h5-6,9-10H,7-8H2,1-4H3. The number of aryl methyl sites for hydroxylation is 1. The van der Waals surface area contributed by atoms with Gasteiger partial charge in [-0.1, -0.05) is 11.6 Å². The van der Waals surface area contributed by atoms with Gasteiger partial charge >= 0.3 is 0 Å². The number of hydrogen-bond donors (Lipinski definition) is 0. The summed E-state index contributed by atoms with van der Waals surface area (Å²) in [5, 5.41) is 0. The van der Waals surface area contributed by atoms with Crippen LogP contribution >= 0.6 is 0 Å². The third kappa shape index (κ3) is 3.35. The minimum Gasteiger partial charge on any atom is -0.373 e. The van der Waals surface area contributed by atoms with Gasteiger partial charge in [0.15, 0.2) is 6.29 Å². The topological polar surface area (TPSA) is 23.6 Å². The van der Waals surface area contributed by atoms with E-state index >= 15 is 0 Å². The molecular formula is C13H20N2O. The Bertz CT molecular complexity index is 361. The Hall–Kier alpha value is -1.35. The van der Waals surface area contributed by atoms with Gasteiger partial charge in [0.1, 0.15) is 0 Å². The molecule has 1 aromatic carbocycles. The number of benzene rings is 1. The molecule has 0 spiro atoms. The number of carbonyl (C=O) groups excluding carboxylic acids is 1. The van der Waals surface area contributed by atoms with Crippen molar-refractivity contribution >= 4 is 12.0 Å². The van der Waals surface area contributed by atoms with E-state index in [0.29, 0.717) is 0 Å². The zero-order valence-corrected chi connectivity index (χ0v) is 10.5. The van der Waals surface area contributed by atoms with Crippen molar-refractivity contribution in [1.82, 2.24) is 4.90 Å². The van der Waals surface area contributed by atoms with Crippen molar-refractivity contribution in [2.75, 3.05) is 39.1 Å². The minimum absolute atomic E-state index is 0.765. The fraction of sp³-hybridized carbons (Fsp3) is 0.462. The molecule has 0 unspecified atom stereocenters. The molecule has 0 aliphatic rings. The van der Waals surface area contributed by atoms with E-state index in [1.807, 2.05) is 46.3 Å². The number of carbonyl (C=O) groups is 1. The molecule has 0 aromatic heterocycles. The molecule has 0 saturated heterocycles. The van der Waals surface area contributed by atoms with Crippen molar-refractivity contribution in [2.45, 2.75) is 6.92 Å². The van der Waals surface area contributed by atoms with Gasteiger partial charge in [0.05, 0.1) is 0 Å². The van der Waals surface area contributed by atoms with Crippen LogP contribution in [0, 0.1) is 6.92 Å². The second kappa shape index (κ2) is 5.66. The van der Waals surface area contributed by atoms with Crippen molar-refractivity contribution in [1.29, 1.82) is 0 Å². The maximum Gasteiger partial charge on any atom is 0.152 e. The maximum atomic E-state index is 11.0. The lowest BCUT2D eigenvalue weighted by atomic mass is 10.1. The summed E-state index contributed by atoms with van der Waals surface area (Å²) >= 11 is 0. The molecule has 1 aromatic rings. The lowest BCUT2D eigenvalue weighted by Gasteiger charge is -2.23. The smallest absolute Gasteiger partial charge is 0.152 e. The zero-order valence-electron chi connectivity index (χ0n) is 10.5. The summed E-state index contributed by atoms with van der Waals surface area (Å²) < 4.78 is 0. The Kier molecular flexibility index (Phi) is 4.50. The van der Waals surface area contributed by atoms with Crippen molar-refractivity contribution in [2.24, 2.45) is 0 Å². The highest BCUT2D eigenvalue weighted by Crippen LogP contribution is 2.18. The summed E-state index contributed by atoms with van der Waals surface area (Å²) in [6.45, 7) is 3.89. The molecule has 3 heteroatoms. The van der Waals surface area contributed by atoms with Crippen LogP contribution in [0.4, 0.5) is 5.69 Å². The normalized spacial score (nSPS) is 10.6. The molecule has 0 bridgehead atoms. The molecule has 0 aliphatic heterocycles. The Morgan fingerprint density at radius 2 is 1.88 bits per heavy atom. The molecule has 1 rings (SSSR count). The molecule has 0 N–H and O–H groups in total. The van der Waals surface area contributed by atoms with Crippen LogP contribution < -0.4 is 4.90 Å². The van der Waals surface area contributed by atoms with Crippen molar-refractivity contribution in [3.8, 4) is 0 Å². The molecule has 0 saturated carbocycles. The van der Waals surface area contributed by atoms with E-state index in [2.05, 4.69) is 9.80 Å². The Morgan fingerprint density at radius 1 is 1.19 bits per heavy atom. The van der Waals surface area contributed by atoms with E-state index in [0.717, 1.165) is 36.2 Å². The van der Waals surface area contributed by atoms with Crippen LogP contribution in [-0.4, -0.2) is 45.4 Å². The van der Waals surface area contributed by atoms with Crippen molar-refractivity contribution < 1.29 is 4.79 Å². The number of likely N-dealkylation sites (N-methyl/N-ethyl adjacent to an activating group) is 2. The Morgan fingerprint density at radius 3 is 2.44 bits per heavy atom. The maximum absolute atomic E-state index is 11.0. The SMILES string of the molecule is Cc1ccc(N(C)CCN(C)C)c(C=O)c1. The molecule has 0 aliphatic carbocycles. The summed E-state index contributed by atoms with van der Waals surface area (Å²) in [4.78, 5) is 15.2. The first-order valence-corrected chi connectivity index (χ1v) is 5.46. The molecule has 88 valence electrons. The fourth-order valence-corrected chi connectivity index (χ4v) is 1.59. The quantitative estimate of drug-likeness (QED) is 0.707. The first-order chi connectivity index (χ1) is 7.54. The van der Waals surface area contributed by atoms with Gasteiger partial charge in [-0.3, -0.25) is 4.79 Å². The van der Waals surface area contributed by atoms with Gasteiger partial charge < -0.3 is 9.80 Å². The average Bonchev–Trinajstić information content (AvgIpc) is 2.25. The van der Waals surface area contributed by atoms with E-state index in [9.17, 15) is 4.79 Å². The van der Waals surface area contributed by atoms with Gasteiger partial charge in [0.25, 0.3) is 0 Å². The molecule has 0 radical (unpaired) electrons. The van der Waals surface area contributed by atoms with Crippen LogP contribution in [0.1, 0.15) is 15.9 Å². The molecule has 0 amide bonds. The monoisotopic (exact) mass is 220 g/mol. The number of rotatable bonds is 5. The molecule has 0 heterocycles. The van der Waals surface area contributed by atoms with E-state index in [-0.39, 0.29) is 0 Å². The number of aldehydes is 1. The lowest BCUT2D eigenvalue weighted by Crippen LogP contribution is -2.29. The minimum atomic E-state index is 0.765. The first-order valence-electron chi connectivity index (χ1n) is 5.46. The highest BCUT2D eigenvalue weighted by molar-refractivity contribution is 5.84. The zero-order chi connectivity index (χ0) is 12.1. The largest absolute Gasteiger partial charge is 0.373 e. The predicted octanol–water partition coefficient (Wildman–Crippen LogP) is 1.81. The highest BCUT2D eigenvalue weighted by atomic mass is 16.1. The van der Waals surface area contributed by atoms with E-state index in [1.54, 1.807) is 0 Å². The van der Waals surface area contributed by atoms with Crippen molar-refractivity contribution in [3.05, 3.63) is 29.3 Å².